The van der Waals surface area contributed by atoms with Gasteiger partial charge in [0.25, 0.3) is 0 Å². The maximum absolute atomic E-state index is 12.0. The number of carbonyl (C=O) groups excluding carboxylic acids is 1. The largest absolute Gasteiger partial charge is 0.303 e. The zero-order chi connectivity index (χ0) is 20.7. The highest BCUT2D eigenvalue weighted by Gasteiger charge is 2.54. The van der Waals surface area contributed by atoms with Gasteiger partial charge in [-0.3, -0.25) is 4.90 Å². The minimum atomic E-state index is -0.294. The van der Waals surface area contributed by atoms with Crippen molar-refractivity contribution in [3.05, 3.63) is 33.8 Å². The van der Waals surface area contributed by atoms with Gasteiger partial charge in [-0.2, -0.15) is 0 Å². The van der Waals surface area contributed by atoms with E-state index in [1.54, 1.807) is 6.42 Å². The molecule has 4 saturated carbocycles. The average molecular weight is 470 g/mol. The van der Waals surface area contributed by atoms with Crippen LogP contribution in [0.1, 0.15) is 82.3 Å². The monoisotopic (exact) mass is 469 g/mol. The standard InChI is InChI=1S/C27H36BrNO/c1-26(2,16-30)22-15-27(24-21(22)4-3-5-23(24)28)6-8-29(9-7-27)25-19-11-17-10-18(13-19)14-20(25)12-17/h3-5,16-20,22,25H,6-15H2,1-2H3. The second kappa shape index (κ2) is 6.91. The fourth-order valence-corrected chi connectivity index (χ4v) is 9.74. The first-order valence-electron chi connectivity index (χ1n) is 12.4. The lowest BCUT2D eigenvalue weighted by Crippen LogP contribution is -2.58. The first-order chi connectivity index (χ1) is 14.4. The lowest BCUT2D eigenvalue weighted by atomic mass is 9.53. The molecule has 5 fully saturated rings. The van der Waals surface area contributed by atoms with E-state index in [0.29, 0.717) is 5.92 Å². The van der Waals surface area contributed by atoms with Crippen molar-refractivity contribution in [2.75, 3.05) is 13.1 Å². The second-order valence-corrected chi connectivity index (χ2v) is 13.0. The Balaban J connectivity index is 1.26. The molecule has 1 unspecified atom stereocenters. The second-order valence-electron chi connectivity index (χ2n) is 12.1. The summed E-state index contributed by atoms with van der Waals surface area (Å²) < 4.78 is 1.27. The van der Waals surface area contributed by atoms with Crippen LogP contribution in [0.3, 0.4) is 0 Å². The van der Waals surface area contributed by atoms with Crippen molar-refractivity contribution < 1.29 is 4.79 Å². The summed E-state index contributed by atoms with van der Waals surface area (Å²) in [6.45, 7) is 6.78. The van der Waals surface area contributed by atoms with Crippen LogP contribution >= 0.6 is 15.9 Å². The number of benzene rings is 1. The molecule has 1 spiro atoms. The van der Waals surface area contributed by atoms with Crippen molar-refractivity contribution >= 4 is 22.2 Å². The number of aldehydes is 1. The summed E-state index contributed by atoms with van der Waals surface area (Å²) >= 11 is 3.91. The molecule has 7 rings (SSSR count). The first kappa shape index (κ1) is 20.0. The molecule has 1 heterocycles. The molecule has 3 heteroatoms. The van der Waals surface area contributed by atoms with Gasteiger partial charge in [0, 0.05) is 15.9 Å². The molecule has 4 bridgehead atoms. The summed E-state index contributed by atoms with van der Waals surface area (Å²) in [5.41, 5.74) is 2.93. The van der Waals surface area contributed by atoms with Gasteiger partial charge in [0.2, 0.25) is 0 Å². The summed E-state index contributed by atoms with van der Waals surface area (Å²) in [5, 5.41) is 0. The van der Waals surface area contributed by atoms with E-state index in [2.05, 4.69) is 52.9 Å². The van der Waals surface area contributed by atoms with Gasteiger partial charge in [-0.1, -0.05) is 41.9 Å². The normalized spacial score (nSPS) is 39.4. The third-order valence-corrected chi connectivity index (χ3v) is 10.8. The molecule has 1 aromatic rings. The van der Waals surface area contributed by atoms with E-state index < -0.39 is 0 Å². The Morgan fingerprint density at radius 1 is 1.03 bits per heavy atom. The number of likely N-dealkylation sites (tertiary alicyclic amines) is 1. The number of hydrogen-bond donors (Lipinski definition) is 0. The van der Waals surface area contributed by atoms with Gasteiger partial charge in [-0.25, -0.2) is 0 Å². The Hall–Kier alpha value is -0.670. The van der Waals surface area contributed by atoms with Gasteiger partial charge in [0.15, 0.2) is 0 Å². The van der Waals surface area contributed by atoms with E-state index in [1.165, 1.54) is 73.5 Å². The predicted octanol–water partition coefficient (Wildman–Crippen LogP) is 6.32. The van der Waals surface area contributed by atoms with Crippen LogP contribution in [0.15, 0.2) is 22.7 Å². The van der Waals surface area contributed by atoms with E-state index in [-0.39, 0.29) is 10.8 Å². The minimum absolute atomic E-state index is 0.253. The van der Waals surface area contributed by atoms with Crippen LogP contribution in [-0.2, 0) is 10.2 Å². The molecule has 1 aliphatic heterocycles. The number of halogens is 1. The predicted molar refractivity (Wildman–Crippen MR) is 125 cm³/mol. The number of piperidine rings is 1. The SMILES string of the molecule is CC(C)(C=O)C1CC2(CCN(C3C4CC5CC(C4)CC3C5)CC2)c2c(Br)cccc21. The highest BCUT2D eigenvalue weighted by molar-refractivity contribution is 9.10. The fourth-order valence-electron chi connectivity index (χ4n) is 8.94. The third kappa shape index (κ3) is 2.86. The average Bonchev–Trinajstić information content (AvgIpc) is 3.05. The van der Waals surface area contributed by atoms with E-state index in [0.717, 1.165) is 36.1 Å². The number of hydrogen-bond acceptors (Lipinski definition) is 2. The molecule has 1 aromatic carbocycles. The number of rotatable bonds is 3. The Bertz CT molecular complexity index is 824. The summed E-state index contributed by atoms with van der Waals surface area (Å²) in [5.74, 6) is 4.43. The van der Waals surface area contributed by atoms with Gasteiger partial charge in [0.1, 0.15) is 6.29 Å². The molecule has 0 amide bonds. The van der Waals surface area contributed by atoms with Gasteiger partial charge >= 0.3 is 0 Å². The number of carbonyl (C=O) groups is 1. The zero-order valence-electron chi connectivity index (χ0n) is 18.6. The van der Waals surface area contributed by atoms with E-state index >= 15 is 0 Å². The lowest BCUT2D eigenvalue weighted by Gasteiger charge is -2.58. The van der Waals surface area contributed by atoms with Crippen molar-refractivity contribution in [3.63, 3.8) is 0 Å². The van der Waals surface area contributed by atoms with Gasteiger partial charge < -0.3 is 4.79 Å². The molecule has 0 radical (unpaired) electrons. The van der Waals surface area contributed by atoms with E-state index in [9.17, 15) is 4.79 Å². The molecule has 0 N–H and O–H groups in total. The fraction of sp³-hybridized carbons (Fsp3) is 0.741. The summed E-state index contributed by atoms with van der Waals surface area (Å²) in [7, 11) is 0. The van der Waals surface area contributed by atoms with Gasteiger partial charge in [0.05, 0.1) is 0 Å². The van der Waals surface area contributed by atoms with Crippen molar-refractivity contribution in [1.29, 1.82) is 0 Å². The number of fused-ring (bicyclic) bond motifs is 2. The zero-order valence-corrected chi connectivity index (χ0v) is 20.2. The van der Waals surface area contributed by atoms with Crippen LogP contribution in [0.2, 0.25) is 0 Å². The Morgan fingerprint density at radius 2 is 1.67 bits per heavy atom. The molecule has 30 heavy (non-hydrogen) atoms. The Morgan fingerprint density at radius 3 is 2.27 bits per heavy atom. The van der Waals surface area contributed by atoms with E-state index in [4.69, 9.17) is 0 Å². The molecular formula is C27H36BrNO. The van der Waals surface area contributed by atoms with Gasteiger partial charge in [-0.05, 0) is 117 Å². The molecule has 5 aliphatic carbocycles. The first-order valence-corrected chi connectivity index (χ1v) is 13.2. The lowest BCUT2D eigenvalue weighted by molar-refractivity contribution is -0.116. The Kier molecular flexibility index (Phi) is 4.60. The van der Waals surface area contributed by atoms with Crippen molar-refractivity contribution in [2.45, 2.75) is 82.6 Å². The van der Waals surface area contributed by atoms with Crippen molar-refractivity contribution in [2.24, 2.45) is 29.1 Å². The van der Waals surface area contributed by atoms with Crippen molar-refractivity contribution in [1.82, 2.24) is 4.90 Å². The third-order valence-electron chi connectivity index (χ3n) is 10.1. The minimum Gasteiger partial charge on any atom is -0.303 e. The van der Waals surface area contributed by atoms with Crippen LogP contribution in [0.25, 0.3) is 0 Å². The van der Waals surface area contributed by atoms with Crippen LogP contribution < -0.4 is 0 Å². The molecular weight excluding hydrogens is 434 g/mol. The molecule has 6 aliphatic rings. The van der Waals surface area contributed by atoms with Crippen LogP contribution in [0, 0.1) is 29.1 Å². The van der Waals surface area contributed by atoms with Gasteiger partial charge in [-0.15, -0.1) is 0 Å². The molecule has 162 valence electrons. The number of nitrogens with zero attached hydrogens (tertiary/aromatic N) is 1. The van der Waals surface area contributed by atoms with Crippen molar-refractivity contribution in [3.8, 4) is 0 Å². The quantitative estimate of drug-likeness (QED) is 0.482. The highest BCUT2D eigenvalue weighted by atomic mass is 79.9. The molecule has 0 aromatic heterocycles. The van der Waals surface area contributed by atoms with Crippen LogP contribution in [-0.4, -0.2) is 30.3 Å². The summed E-state index contributed by atoms with van der Waals surface area (Å²) in [6, 6.07) is 7.56. The molecule has 1 atom stereocenters. The Labute approximate surface area is 190 Å². The smallest absolute Gasteiger partial charge is 0.126 e. The summed E-state index contributed by atoms with van der Waals surface area (Å²) in [6.07, 6.45) is 12.5. The molecule has 2 nitrogen and oxygen atoms in total. The topological polar surface area (TPSA) is 20.3 Å². The van der Waals surface area contributed by atoms with Crippen LogP contribution in [0.4, 0.5) is 0 Å². The maximum Gasteiger partial charge on any atom is 0.126 e. The van der Waals surface area contributed by atoms with E-state index in [1.807, 2.05) is 0 Å². The summed E-state index contributed by atoms with van der Waals surface area (Å²) in [4.78, 5) is 14.9. The molecule has 1 saturated heterocycles. The highest BCUT2D eigenvalue weighted by Crippen LogP contribution is 2.60. The maximum atomic E-state index is 12.0. The van der Waals surface area contributed by atoms with Crippen LogP contribution in [0.5, 0.6) is 0 Å².